The third-order valence-electron chi connectivity index (χ3n) is 4.28. The Hall–Kier alpha value is -1.27. The molecule has 3 atom stereocenters. The van der Waals surface area contributed by atoms with Crippen LogP contribution in [0.5, 0.6) is 5.75 Å². The Kier molecular flexibility index (Phi) is 4.25. The number of rotatable bonds is 4. The zero-order valence-corrected chi connectivity index (χ0v) is 12.9. The van der Waals surface area contributed by atoms with Crippen molar-refractivity contribution < 1.29 is 13.2 Å². The quantitative estimate of drug-likeness (QED) is 0.833. The van der Waals surface area contributed by atoms with Gasteiger partial charge in [0.25, 0.3) is 0 Å². The number of ether oxygens (including phenoxy) is 1. The van der Waals surface area contributed by atoms with E-state index in [1.807, 2.05) is 0 Å². The van der Waals surface area contributed by atoms with Crippen molar-refractivity contribution in [3.05, 3.63) is 18.2 Å². The lowest BCUT2D eigenvalue weighted by atomic mass is 9.98. The Labute approximate surface area is 120 Å². The molecule has 2 rings (SSSR count). The highest BCUT2D eigenvalue weighted by Crippen LogP contribution is 2.33. The number of nitrogen functional groups attached to an aromatic ring is 1. The topological polar surface area (TPSA) is 81.4 Å². The summed E-state index contributed by atoms with van der Waals surface area (Å²) in [5.41, 5.74) is 6.02. The van der Waals surface area contributed by atoms with Crippen molar-refractivity contribution in [2.24, 2.45) is 11.8 Å². The normalized spacial score (nSPS) is 26.6. The Morgan fingerprint density at radius 3 is 2.50 bits per heavy atom. The first kappa shape index (κ1) is 15.1. The molecule has 6 heteroatoms. The summed E-state index contributed by atoms with van der Waals surface area (Å²) in [5, 5.41) is 0. The van der Waals surface area contributed by atoms with E-state index in [1.165, 1.54) is 19.2 Å². The van der Waals surface area contributed by atoms with Gasteiger partial charge in [0.1, 0.15) is 10.6 Å². The van der Waals surface area contributed by atoms with Crippen LogP contribution in [0.15, 0.2) is 23.1 Å². The van der Waals surface area contributed by atoms with E-state index in [4.69, 9.17) is 10.5 Å². The standard InChI is InChI=1S/C14H22N2O3S/c1-9-4-6-13(10(9)2)16-20(17,18)14-7-5-11(19-3)8-12(14)15/h5,7-10,13,16H,4,6,15H2,1-3H3. The van der Waals surface area contributed by atoms with E-state index in [9.17, 15) is 8.42 Å². The molecule has 1 aliphatic carbocycles. The van der Waals surface area contributed by atoms with E-state index in [2.05, 4.69) is 18.6 Å². The molecule has 0 heterocycles. The molecular formula is C14H22N2O3S. The molecule has 0 saturated heterocycles. The van der Waals surface area contributed by atoms with Gasteiger partial charge in [0, 0.05) is 12.1 Å². The average molecular weight is 298 g/mol. The minimum absolute atomic E-state index is 0.0171. The second-order valence-corrected chi connectivity index (χ2v) is 7.23. The Morgan fingerprint density at radius 2 is 2.00 bits per heavy atom. The minimum Gasteiger partial charge on any atom is -0.497 e. The molecule has 1 saturated carbocycles. The van der Waals surface area contributed by atoms with Gasteiger partial charge >= 0.3 is 0 Å². The molecule has 5 nitrogen and oxygen atoms in total. The molecular weight excluding hydrogens is 276 g/mol. The van der Waals surface area contributed by atoms with E-state index in [-0.39, 0.29) is 16.6 Å². The van der Waals surface area contributed by atoms with Crippen LogP contribution in [0.1, 0.15) is 26.7 Å². The predicted molar refractivity (Wildman–Crippen MR) is 79.1 cm³/mol. The molecule has 1 aliphatic rings. The molecule has 3 unspecified atom stereocenters. The molecule has 0 radical (unpaired) electrons. The lowest BCUT2D eigenvalue weighted by molar-refractivity contribution is 0.402. The van der Waals surface area contributed by atoms with Crippen LogP contribution in [0.2, 0.25) is 0 Å². The van der Waals surface area contributed by atoms with Gasteiger partial charge < -0.3 is 10.5 Å². The van der Waals surface area contributed by atoms with Gasteiger partial charge in [-0.15, -0.1) is 0 Å². The maximum atomic E-state index is 12.4. The highest BCUT2D eigenvalue weighted by atomic mass is 32.2. The summed E-state index contributed by atoms with van der Waals surface area (Å²) >= 11 is 0. The van der Waals surface area contributed by atoms with Gasteiger partial charge in [0.2, 0.25) is 10.0 Å². The van der Waals surface area contributed by atoms with Gasteiger partial charge in [-0.3, -0.25) is 0 Å². The van der Waals surface area contributed by atoms with Gasteiger partial charge in [-0.05, 0) is 36.8 Å². The zero-order valence-electron chi connectivity index (χ0n) is 12.1. The van der Waals surface area contributed by atoms with Crippen LogP contribution in [0, 0.1) is 11.8 Å². The first-order chi connectivity index (χ1) is 9.35. The highest BCUT2D eigenvalue weighted by molar-refractivity contribution is 7.89. The number of anilines is 1. The van der Waals surface area contributed by atoms with E-state index >= 15 is 0 Å². The van der Waals surface area contributed by atoms with Crippen molar-refractivity contribution in [1.82, 2.24) is 4.72 Å². The molecule has 0 bridgehead atoms. The number of benzene rings is 1. The van der Waals surface area contributed by atoms with Crippen molar-refractivity contribution in [2.45, 2.75) is 37.6 Å². The van der Waals surface area contributed by atoms with Crippen LogP contribution < -0.4 is 15.2 Å². The van der Waals surface area contributed by atoms with E-state index in [0.717, 1.165) is 12.8 Å². The number of methoxy groups -OCH3 is 1. The van der Waals surface area contributed by atoms with Gasteiger partial charge in [-0.2, -0.15) is 0 Å². The summed E-state index contributed by atoms with van der Waals surface area (Å²) in [4.78, 5) is 0.116. The molecule has 0 aromatic heterocycles. The third-order valence-corrected chi connectivity index (χ3v) is 5.84. The number of sulfonamides is 1. The van der Waals surface area contributed by atoms with Crippen LogP contribution in [0.25, 0.3) is 0 Å². The summed E-state index contributed by atoms with van der Waals surface area (Å²) in [6, 6.07) is 4.59. The fraction of sp³-hybridized carbons (Fsp3) is 0.571. The number of hydrogen-bond acceptors (Lipinski definition) is 4. The van der Waals surface area contributed by atoms with Gasteiger partial charge in [0.05, 0.1) is 12.8 Å². The van der Waals surface area contributed by atoms with Crippen molar-refractivity contribution in [2.75, 3.05) is 12.8 Å². The maximum absolute atomic E-state index is 12.4. The van der Waals surface area contributed by atoms with Crippen molar-refractivity contribution in [1.29, 1.82) is 0 Å². The molecule has 0 spiro atoms. The molecule has 1 fully saturated rings. The second kappa shape index (κ2) is 5.61. The summed E-state index contributed by atoms with van der Waals surface area (Å²) < 4.78 is 32.7. The van der Waals surface area contributed by atoms with Gasteiger partial charge in [0.15, 0.2) is 0 Å². The van der Waals surface area contributed by atoms with Crippen molar-refractivity contribution in [3.8, 4) is 5.75 Å². The lowest BCUT2D eigenvalue weighted by Gasteiger charge is -2.20. The Balaban J connectivity index is 2.23. The number of nitrogens with one attached hydrogen (secondary N) is 1. The molecule has 1 aromatic rings. The van der Waals surface area contributed by atoms with Crippen LogP contribution in [0.3, 0.4) is 0 Å². The lowest BCUT2D eigenvalue weighted by Crippen LogP contribution is -2.37. The van der Waals surface area contributed by atoms with E-state index in [1.54, 1.807) is 6.07 Å². The van der Waals surface area contributed by atoms with Gasteiger partial charge in [-0.25, -0.2) is 13.1 Å². The largest absolute Gasteiger partial charge is 0.497 e. The smallest absolute Gasteiger partial charge is 0.242 e. The Bertz CT molecular complexity index is 586. The van der Waals surface area contributed by atoms with Crippen LogP contribution >= 0.6 is 0 Å². The van der Waals surface area contributed by atoms with Gasteiger partial charge in [-0.1, -0.05) is 13.8 Å². The maximum Gasteiger partial charge on any atom is 0.242 e. The summed E-state index contributed by atoms with van der Waals surface area (Å²) in [6.45, 7) is 4.24. The SMILES string of the molecule is COc1ccc(S(=O)(=O)NC2CCC(C)C2C)c(N)c1. The van der Waals surface area contributed by atoms with Crippen LogP contribution in [-0.4, -0.2) is 21.6 Å². The molecule has 1 aromatic carbocycles. The molecule has 0 amide bonds. The van der Waals surface area contributed by atoms with E-state index < -0.39 is 10.0 Å². The average Bonchev–Trinajstić information content (AvgIpc) is 2.69. The molecule has 0 aliphatic heterocycles. The monoisotopic (exact) mass is 298 g/mol. The fourth-order valence-corrected chi connectivity index (χ4v) is 4.17. The summed E-state index contributed by atoms with van der Waals surface area (Å²) in [5.74, 6) is 1.42. The van der Waals surface area contributed by atoms with Crippen molar-refractivity contribution in [3.63, 3.8) is 0 Å². The summed E-state index contributed by atoms with van der Waals surface area (Å²) in [7, 11) is -2.07. The van der Waals surface area contributed by atoms with E-state index in [0.29, 0.717) is 17.6 Å². The molecule has 3 N–H and O–H groups in total. The second-order valence-electron chi connectivity index (χ2n) is 5.55. The predicted octanol–water partition coefficient (Wildman–Crippen LogP) is 1.99. The number of nitrogens with two attached hydrogens (primary N) is 1. The van der Waals surface area contributed by atoms with Crippen molar-refractivity contribution >= 4 is 15.7 Å². The van der Waals surface area contributed by atoms with Crippen LogP contribution in [-0.2, 0) is 10.0 Å². The first-order valence-electron chi connectivity index (χ1n) is 6.81. The highest BCUT2D eigenvalue weighted by Gasteiger charge is 2.33. The third kappa shape index (κ3) is 2.91. The molecule has 112 valence electrons. The minimum atomic E-state index is -3.59. The Morgan fingerprint density at radius 1 is 1.30 bits per heavy atom. The summed E-state index contributed by atoms with van der Waals surface area (Å²) in [6.07, 6.45) is 1.92. The first-order valence-corrected chi connectivity index (χ1v) is 8.29. The fourth-order valence-electron chi connectivity index (χ4n) is 2.69. The number of hydrogen-bond donors (Lipinski definition) is 2. The molecule has 20 heavy (non-hydrogen) atoms. The van der Waals surface area contributed by atoms with Crippen LogP contribution in [0.4, 0.5) is 5.69 Å². The zero-order chi connectivity index (χ0) is 14.9.